The third-order valence-corrected chi connectivity index (χ3v) is 6.57. The lowest BCUT2D eigenvalue weighted by molar-refractivity contribution is -0.192. The van der Waals surface area contributed by atoms with Crippen molar-refractivity contribution in [1.82, 2.24) is 14.9 Å². The number of ether oxygens (including phenoxy) is 1. The van der Waals surface area contributed by atoms with Crippen molar-refractivity contribution in [1.29, 1.82) is 0 Å². The van der Waals surface area contributed by atoms with Crippen LogP contribution in [-0.4, -0.2) is 45.2 Å². The summed E-state index contributed by atoms with van der Waals surface area (Å²) in [6, 6.07) is 14.5. The van der Waals surface area contributed by atoms with Crippen LogP contribution in [-0.2, 0) is 11.3 Å². The van der Waals surface area contributed by atoms with Crippen molar-refractivity contribution in [2.45, 2.75) is 44.8 Å². The zero-order valence-electron chi connectivity index (χ0n) is 18.7. The lowest BCUT2D eigenvalue weighted by Gasteiger charge is -2.41. The summed E-state index contributed by atoms with van der Waals surface area (Å²) in [5.41, 5.74) is 3.33. The van der Waals surface area contributed by atoms with Crippen LogP contribution in [0, 0.1) is 11.8 Å². The quantitative estimate of drug-likeness (QED) is 0.484. The minimum atomic E-state index is -5.08. The minimum Gasteiger partial charge on any atom is -0.475 e. The molecule has 3 aromatic rings. The van der Waals surface area contributed by atoms with Crippen molar-refractivity contribution in [2.75, 3.05) is 13.1 Å². The number of carboxylic acid groups (broad SMARTS) is 1. The van der Waals surface area contributed by atoms with Gasteiger partial charge >= 0.3 is 12.1 Å². The van der Waals surface area contributed by atoms with Crippen molar-refractivity contribution in [3.8, 4) is 11.5 Å². The zero-order chi connectivity index (χ0) is 24.1. The number of halogens is 3. The van der Waals surface area contributed by atoms with E-state index in [2.05, 4.69) is 39.1 Å². The number of fused-ring (bicyclic) bond motifs is 2. The highest BCUT2D eigenvalue weighted by Gasteiger charge is 2.38. The molecular weight excluding hydrogens is 447 g/mol. The number of aromatic nitrogens is 2. The summed E-state index contributed by atoms with van der Waals surface area (Å²) < 4.78 is 37.7. The van der Waals surface area contributed by atoms with Gasteiger partial charge in [0, 0.05) is 19.2 Å². The average molecular weight is 476 g/mol. The molecule has 2 N–H and O–H groups in total. The van der Waals surface area contributed by atoms with Crippen molar-refractivity contribution in [3.05, 3.63) is 54.4 Å². The second-order valence-corrected chi connectivity index (χ2v) is 8.96. The Morgan fingerprint density at radius 2 is 1.74 bits per heavy atom. The fraction of sp³-hybridized carbons (Fsp3) is 0.440. The summed E-state index contributed by atoms with van der Waals surface area (Å²) in [6.45, 7) is 3.60. The second kappa shape index (κ2) is 10.5. The van der Waals surface area contributed by atoms with Crippen molar-refractivity contribution in [2.24, 2.45) is 11.8 Å². The first-order chi connectivity index (χ1) is 16.3. The lowest BCUT2D eigenvalue weighted by atomic mass is 9.75. The molecule has 6 nitrogen and oxygen atoms in total. The van der Waals surface area contributed by atoms with Gasteiger partial charge in [-0.1, -0.05) is 31.4 Å². The van der Waals surface area contributed by atoms with Gasteiger partial charge in [-0.2, -0.15) is 13.2 Å². The predicted octanol–water partition coefficient (Wildman–Crippen LogP) is 6.00. The number of likely N-dealkylation sites (tertiary alicyclic amines) is 1. The van der Waals surface area contributed by atoms with Crippen LogP contribution in [0.5, 0.6) is 11.5 Å². The summed E-state index contributed by atoms with van der Waals surface area (Å²) in [6.07, 6.45) is 3.81. The fourth-order valence-corrected chi connectivity index (χ4v) is 4.86. The van der Waals surface area contributed by atoms with Crippen LogP contribution < -0.4 is 4.74 Å². The van der Waals surface area contributed by atoms with E-state index in [9.17, 15) is 13.2 Å². The number of alkyl halides is 3. The topological polar surface area (TPSA) is 78.5 Å². The predicted molar refractivity (Wildman–Crippen MR) is 122 cm³/mol. The van der Waals surface area contributed by atoms with Crippen LogP contribution in [0.2, 0.25) is 0 Å². The van der Waals surface area contributed by atoms with Gasteiger partial charge in [-0.3, -0.25) is 4.90 Å². The number of nitrogens with one attached hydrogen (secondary N) is 1. The largest absolute Gasteiger partial charge is 0.490 e. The number of rotatable bonds is 4. The number of aromatic amines is 1. The van der Waals surface area contributed by atoms with Crippen molar-refractivity contribution in [3.63, 3.8) is 0 Å². The van der Waals surface area contributed by atoms with Crippen molar-refractivity contribution >= 4 is 17.0 Å². The highest BCUT2D eigenvalue weighted by atomic mass is 19.4. The Bertz CT molecular complexity index is 1100. The second-order valence-electron chi connectivity index (χ2n) is 8.96. The standard InChI is InChI=1S/C23H27N3O.C2HF3O2/c1-2-4-19-15-26(12-11-18(19)3-1)14-17-5-7-20(8-6-17)27-21-9-10-22-23(13-21)25-16-24-22;3-2(4,5)1(6)7/h5-10,13,16,18-19H,1-4,11-12,14-15H2,(H,24,25);(H,6,7). The van der Waals surface area contributed by atoms with Crippen LogP contribution in [0.15, 0.2) is 48.8 Å². The first kappa shape index (κ1) is 24.1. The van der Waals surface area contributed by atoms with E-state index in [4.69, 9.17) is 14.6 Å². The van der Waals surface area contributed by atoms with Crippen molar-refractivity contribution < 1.29 is 27.8 Å². The van der Waals surface area contributed by atoms with Gasteiger partial charge < -0.3 is 14.8 Å². The number of H-pyrrole nitrogens is 1. The number of carbonyl (C=O) groups is 1. The number of carboxylic acids is 1. The molecule has 2 heterocycles. The molecule has 0 bridgehead atoms. The van der Waals surface area contributed by atoms with E-state index in [0.29, 0.717) is 0 Å². The Balaban J connectivity index is 0.000000344. The van der Waals surface area contributed by atoms with Crippen LogP contribution in [0.3, 0.4) is 0 Å². The molecule has 2 unspecified atom stereocenters. The first-order valence-corrected chi connectivity index (χ1v) is 11.5. The maximum absolute atomic E-state index is 10.6. The van der Waals surface area contributed by atoms with Gasteiger partial charge in [0.15, 0.2) is 0 Å². The first-order valence-electron chi connectivity index (χ1n) is 11.5. The minimum absolute atomic E-state index is 0.832. The third kappa shape index (κ3) is 6.28. The van der Waals surface area contributed by atoms with Gasteiger partial charge in [0.05, 0.1) is 17.4 Å². The van der Waals surface area contributed by atoms with E-state index in [-0.39, 0.29) is 0 Å². The fourth-order valence-electron chi connectivity index (χ4n) is 4.86. The Labute approximate surface area is 195 Å². The van der Waals surface area contributed by atoms with Gasteiger partial charge in [-0.15, -0.1) is 0 Å². The SMILES string of the molecule is O=C(O)C(F)(F)F.c1nc2ccc(Oc3ccc(CN4CCC5CCCCC5C4)cc3)cc2[nH]1. The molecule has 182 valence electrons. The number of piperidine rings is 1. The molecule has 0 radical (unpaired) electrons. The number of hydrogen-bond acceptors (Lipinski definition) is 4. The Hall–Kier alpha value is -3.07. The molecule has 2 aliphatic rings. The average Bonchev–Trinajstić information content (AvgIpc) is 3.28. The molecule has 9 heteroatoms. The van der Waals surface area contributed by atoms with Gasteiger partial charge in [0.25, 0.3) is 0 Å². The van der Waals surface area contributed by atoms with E-state index in [1.165, 1.54) is 50.8 Å². The number of benzene rings is 2. The van der Waals surface area contributed by atoms with Crippen LogP contribution >= 0.6 is 0 Å². The Morgan fingerprint density at radius 3 is 2.44 bits per heavy atom. The highest BCUT2D eigenvalue weighted by molar-refractivity contribution is 5.76. The molecule has 2 fully saturated rings. The number of hydrogen-bond donors (Lipinski definition) is 2. The molecule has 1 saturated heterocycles. The smallest absolute Gasteiger partial charge is 0.475 e. The highest BCUT2D eigenvalue weighted by Crippen LogP contribution is 2.36. The number of nitrogens with zero attached hydrogens (tertiary/aromatic N) is 2. The molecular formula is C25H28F3N3O3. The summed E-state index contributed by atoms with van der Waals surface area (Å²) >= 11 is 0. The summed E-state index contributed by atoms with van der Waals surface area (Å²) in [5, 5.41) is 7.12. The van der Waals surface area contributed by atoms with Crippen LogP contribution in [0.25, 0.3) is 11.0 Å². The third-order valence-electron chi connectivity index (χ3n) is 6.57. The number of aliphatic carboxylic acids is 1. The molecule has 0 amide bonds. The molecule has 1 saturated carbocycles. The Morgan fingerprint density at radius 1 is 1.06 bits per heavy atom. The zero-order valence-corrected chi connectivity index (χ0v) is 18.7. The normalized spacial score (nSPS) is 20.8. The van der Waals surface area contributed by atoms with Crippen LogP contribution in [0.1, 0.15) is 37.7 Å². The lowest BCUT2D eigenvalue weighted by Crippen LogP contribution is -2.41. The summed E-state index contributed by atoms with van der Waals surface area (Å²) in [4.78, 5) is 18.9. The number of imidazole rings is 1. The maximum atomic E-state index is 10.6. The van der Waals surface area contributed by atoms with E-state index >= 15 is 0 Å². The van der Waals surface area contributed by atoms with Crippen LogP contribution in [0.4, 0.5) is 13.2 Å². The molecule has 1 aliphatic heterocycles. The molecule has 5 rings (SSSR count). The van der Waals surface area contributed by atoms with Gasteiger partial charge in [0.2, 0.25) is 0 Å². The van der Waals surface area contributed by atoms with Gasteiger partial charge in [-0.05, 0) is 61.1 Å². The summed E-state index contributed by atoms with van der Waals surface area (Å²) in [7, 11) is 0. The Kier molecular flexibility index (Phi) is 7.41. The molecule has 1 aromatic heterocycles. The van der Waals surface area contributed by atoms with E-state index in [1.54, 1.807) is 6.33 Å². The maximum Gasteiger partial charge on any atom is 0.490 e. The molecule has 2 atom stereocenters. The molecule has 2 aromatic carbocycles. The van der Waals surface area contributed by atoms with E-state index in [0.717, 1.165) is 40.9 Å². The van der Waals surface area contributed by atoms with Gasteiger partial charge in [-0.25, -0.2) is 9.78 Å². The molecule has 0 spiro atoms. The molecule has 1 aliphatic carbocycles. The summed E-state index contributed by atoms with van der Waals surface area (Å²) in [5.74, 6) is 0.889. The van der Waals surface area contributed by atoms with Gasteiger partial charge in [0.1, 0.15) is 11.5 Å². The van der Waals surface area contributed by atoms with E-state index < -0.39 is 12.1 Å². The van der Waals surface area contributed by atoms with E-state index in [1.807, 2.05) is 18.2 Å². The monoisotopic (exact) mass is 475 g/mol. The molecule has 34 heavy (non-hydrogen) atoms.